The third-order valence-corrected chi connectivity index (χ3v) is 1.74. The molecule has 1 rings (SSSR count). The van der Waals surface area contributed by atoms with E-state index in [9.17, 15) is 4.79 Å². The van der Waals surface area contributed by atoms with Crippen LogP contribution in [0.25, 0.3) is 0 Å². The number of hydrogen-bond acceptors (Lipinski definition) is 5. The molecule has 0 unspecified atom stereocenters. The van der Waals surface area contributed by atoms with Crippen molar-refractivity contribution in [2.45, 2.75) is 0 Å². The zero-order chi connectivity index (χ0) is 9.68. The van der Waals surface area contributed by atoms with Crippen LogP contribution >= 0.6 is 0 Å². The number of hydrogen-bond donors (Lipinski definition) is 4. The van der Waals surface area contributed by atoms with Gasteiger partial charge in [-0.2, -0.15) is 0 Å². The van der Waals surface area contributed by atoms with Gasteiger partial charge in [-0.15, -0.1) is 0 Å². The first-order valence-corrected chi connectivity index (χ1v) is 4.01. The summed E-state index contributed by atoms with van der Waals surface area (Å²) in [5.74, 6) is 0. The topological polar surface area (TPSA) is 88.1 Å². The first-order chi connectivity index (χ1) is 6.27. The van der Waals surface area contributed by atoms with Gasteiger partial charge in [-0.25, -0.2) is 9.80 Å². The van der Waals surface area contributed by atoms with Crippen LogP contribution in [0.1, 0.15) is 0 Å². The van der Waals surface area contributed by atoms with Crippen LogP contribution in [0.3, 0.4) is 0 Å². The normalized spacial score (nSPS) is 17.4. The van der Waals surface area contributed by atoms with Gasteiger partial charge in [0.1, 0.15) is 13.5 Å². The fourth-order valence-corrected chi connectivity index (χ4v) is 0.982. The van der Waals surface area contributed by atoms with Crippen LogP contribution < -0.4 is 10.7 Å². The van der Waals surface area contributed by atoms with Gasteiger partial charge in [-0.3, -0.25) is 10.3 Å². The van der Waals surface area contributed by atoms with Crippen LogP contribution in [0.15, 0.2) is 0 Å². The Morgan fingerprint density at radius 1 is 1.54 bits per heavy atom. The number of carbonyl (C=O) groups excluding carboxylic acids is 1. The molecule has 0 spiro atoms. The molecule has 0 saturated carbocycles. The molecule has 0 aromatic rings. The summed E-state index contributed by atoms with van der Waals surface area (Å²) in [5, 5.41) is 22.0. The maximum Gasteiger partial charge on any atom is 0.335 e. The standard InChI is InChI=1S/C6H14N4O3/c11-4-9(5-12)6(13)8-10-2-1-7-3-10/h7,11-12H,1-5H2,(H,8,13). The lowest BCUT2D eigenvalue weighted by Gasteiger charge is -2.21. The summed E-state index contributed by atoms with van der Waals surface area (Å²) in [5.41, 5.74) is 2.52. The highest BCUT2D eigenvalue weighted by Crippen LogP contribution is 1.90. The van der Waals surface area contributed by atoms with E-state index in [-0.39, 0.29) is 0 Å². The van der Waals surface area contributed by atoms with Gasteiger partial charge >= 0.3 is 6.03 Å². The zero-order valence-corrected chi connectivity index (χ0v) is 7.23. The van der Waals surface area contributed by atoms with Crippen molar-refractivity contribution in [1.82, 2.24) is 20.7 Å². The highest BCUT2D eigenvalue weighted by Gasteiger charge is 2.16. The second-order valence-electron chi connectivity index (χ2n) is 2.66. The molecule has 4 N–H and O–H groups in total. The predicted octanol–water partition coefficient (Wildman–Crippen LogP) is -2.32. The van der Waals surface area contributed by atoms with Crippen LogP contribution in [0.2, 0.25) is 0 Å². The fourth-order valence-electron chi connectivity index (χ4n) is 0.982. The van der Waals surface area contributed by atoms with Crippen molar-refractivity contribution >= 4 is 6.03 Å². The molecule has 1 fully saturated rings. The summed E-state index contributed by atoms with van der Waals surface area (Å²) < 4.78 is 0. The van der Waals surface area contributed by atoms with Crippen molar-refractivity contribution in [1.29, 1.82) is 0 Å². The SMILES string of the molecule is O=C(NN1CCNC1)N(CO)CO. The molecule has 0 radical (unpaired) electrons. The van der Waals surface area contributed by atoms with Crippen molar-refractivity contribution in [3.63, 3.8) is 0 Å². The molecule has 0 atom stereocenters. The smallest absolute Gasteiger partial charge is 0.335 e. The molecule has 0 bridgehead atoms. The number of nitrogens with zero attached hydrogens (tertiary/aromatic N) is 2. The van der Waals surface area contributed by atoms with E-state index in [0.29, 0.717) is 6.67 Å². The zero-order valence-electron chi connectivity index (χ0n) is 7.23. The van der Waals surface area contributed by atoms with Crippen LogP contribution in [-0.4, -0.2) is 59.4 Å². The van der Waals surface area contributed by atoms with E-state index in [4.69, 9.17) is 10.2 Å². The lowest BCUT2D eigenvalue weighted by molar-refractivity contribution is 0.0472. The highest BCUT2D eigenvalue weighted by atomic mass is 16.3. The Labute approximate surface area is 75.9 Å². The Balaban J connectivity index is 2.29. The van der Waals surface area contributed by atoms with Crippen molar-refractivity contribution in [3.8, 4) is 0 Å². The average molecular weight is 190 g/mol. The number of hydrazine groups is 1. The van der Waals surface area contributed by atoms with Gasteiger partial charge in [0.05, 0.1) is 6.67 Å². The molecule has 1 saturated heterocycles. The Morgan fingerprint density at radius 2 is 2.23 bits per heavy atom. The molecule has 1 aliphatic heterocycles. The second-order valence-corrected chi connectivity index (χ2v) is 2.66. The predicted molar refractivity (Wildman–Crippen MR) is 44.1 cm³/mol. The first-order valence-electron chi connectivity index (χ1n) is 4.01. The molecule has 0 aromatic heterocycles. The quantitative estimate of drug-likeness (QED) is 0.375. The van der Waals surface area contributed by atoms with E-state index in [1.54, 1.807) is 5.01 Å². The van der Waals surface area contributed by atoms with E-state index < -0.39 is 19.5 Å². The van der Waals surface area contributed by atoms with Crippen LogP contribution in [0.4, 0.5) is 4.79 Å². The van der Waals surface area contributed by atoms with Crippen molar-refractivity contribution in [2.75, 3.05) is 33.2 Å². The van der Waals surface area contributed by atoms with E-state index >= 15 is 0 Å². The largest absolute Gasteiger partial charge is 0.376 e. The van der Waals surface area contributed by atoms with Gasteiger partial charge in [-0.1, -0.05) is 0 Å². The number of carbonyl (C=O) groups is 1. The molecular formula is C6H14N4O3. The van der Waals surface area contributed by atoms with Gasteiger partial charge in [0.25, 0.3) is 0 Å². The fraction of sp³-hybridized carbons (Fsp3) is 0.833. The number of rotatable bonds is 3. The maximum atomic E-state index is 11.2. The third-order valence-electron chi connectivity index (χ3n) is 1.74. The molecule has 2 amide bonds. The number of aliphatic hydroxyl groups is 2. The summed E-state index contributed by atoms with van der Waals surface area (Å²) in [4.78, 5) is 12.1. The Hall–Kier alpha value is -0.890. The van der Waals surface area contributed by atoms with Crippen molar-refractivity contribution in [3.05, 3.63) is 0 Å². The maximum absolute atomic E-state index is 11.2. The number of nitrogens with one attached hydrogen (secondary N) is 2. The molecule has 0 aliphatic carbocycles. The molecule has 7 heteroatoms. The lowest BCUT2D eigenvalue weighted by Crippen LogP contribution is -2.49. The third kappa shape index (κ3) is 2.81. The van der Waals surface area contributed by atoms with Crippen molar-refractivity contribution in [2.24, 2.45) is 0 Å². The Kier molecular flexibility index (Phi) is 3.90. The average Bonchev–Trinajstić information content (AvgIpc) is 2.59. The molecule has 0 aromatic carbocycles. The summed E-state index contributed by atoms with van der Waals surface area (Å²) in [6.07, 6.45) is 0. The summed E-state index contributed by atoms with van der Waals surface area (Å²) in [6.45, 7) is 1.12. The molecular weight excluding hydrogens is 176 g/mol. The highest BCUT2D eigenvalue weighted by molar-refractivity contribution is 5.73. The number of amides is 2. The van der Waals surface area contributed by atoms with Crippen LogP contribution in [0, 0.1) is 0 Å². The van der Waals surface area contributed by atoms with Crippen LogP contribution in [0.5, 0.6) is 0 Å². The summed E-state index contributed by atoms with van der Waals surface area (Å²) in [6, 6.07) is -0.506. The van der Waals surface area contributed by atoms with Gasteiger partial charge < -0.3 is 15.5 Å². The molecule has 76 valence electrons. The number of urea groups is 1. The minimum absolute atomic E-state index is 0.496. The summed E-state index contributed by atoms with van der Waals surface area (Å²) >= 11 is 0. The van der Waals surface area contributed by atoms with Crippen LogP contribution in [-0.2, 0) is 0 Å². The van der Waals surface area contributed by atoms with E-state index in [2.05, 4.69) is 10.7 Å². The Morgan fingerprint density at radius 3 is 2.69 bits per heavy atom. The van der Waals surface area contributed by atoms with E-state index in [1.165, 1.54) is 0 Å². The molecule has 1 heterocycles. The minimum atomic E-state index is -0.506. The molecule has 13 heavy (non-hydrogen) atoms. The van der Waals surface area contributed by atoms with Gasteiger partial charge in [-0.05, 0) is 0 Å². The lowest BCUT2D eigenvalue weighted by atomic mass is 10.7. The van der Waals surface area contributed by atoms with Gasteiger partial charge in [0.15, 0.2) is 0 Å². The molecule has 7 nitrogen and oxygen atoms in total. The van der Waals surface area contributed by atoms with E-state index in [0.717, 1.165) is 18.0 Å². The van der Waals surface area contributed by atoms with Gasteiger partial charge in [0.2, 0.25) is 0 Å². The molecule has 1 aliphatic rings. The monoisotopic (exact) mass is 190 g/mol. The minimum Gasteiger partial charge on any atom is -0.376 e. The van der Waals surface area contributed by atoms with Crippen molar-refractivity contribution < 1.29 is 15.0 Å². The first kappa shape index (κ1) is 10.2. The second kappa shape index (κ2) is 4.97. The number of aliphatic hydroxyl groups excluding tert-OH is 2. The van der Waals surface area contributed by atoms with Gasteiger partial charge in [0, 0.05) is 13.1 Å². The van der Waals surface area contributed by atoms with E-state index in [1.807, 2.05) is 0 Å². The Bertz CT molecular complexity index is 167. The summed E-state index contributed by atoms with van der Waals surface area (Å²) in [7, 11) is 0.